The van der Waals surface area contributed by atoms with Crippen molar-refractivity contribution in [3.05, 3.63) is 35.7 Å². The van der Waals surface area contributed by atoms with E-state index in [1.807, 2.05) is 52.1 Å². The summed E-state index contributed by atoms with van der Waals surface area (Å²) in [4.78, 5) is 12.4. The number of aryl methyl sites for hydroxylation is 2. The number of benzene rings is 1. The van der Waals surface area contributed by atoms with Crippen LogP contribution in [0, 0.1) is 13.8 Å². The van der Waals surface area contributed by atoms with Gasteiger partial charge < -0.3 is 15.4 Å². The molecule has 0 aliphatic carbocycles. The molecule has 0 radical (unpaired) electrons. The van der Waals surface area contributed by atoms with Gasteiger partial charge in [0.25, 0.3) is 0 Å². The van der Waals surface area contributed by atoms with Gasteiger partial charge >= 0.3 is 0 Å². The number of methoxy groups -OCH3 is 1. The Balaban J connectivity index is 2.09. The first-order chi connectivity index (χ1) is 10.4. The van der Waals surface area contributed by atoms with E-state index in [-0.39, 0.29) is 5.91 Å². The number of nitrogens with zero attached hydrogens (tertiary/aromatic N) is 2. The molecule has 0 saturated heterocycles. The SMILES string of the molecule is COc1ccccc1NC(C)C(=O)Nc1c(C)nn(C)c1C. The highest BCUT2D eigenvalue weighted by Gasteiger charge is 2.18. The molecule has 1 atom stereocenters. The number of aromatic nitrogens is 2. The van der Waals surface area contributed by atoms with Crippen molar-refractivity contribution in [2.75, 3.05) is 17.7 Å². The Bertz CT molecular complexity index is 679. The molecule has 0 saturated carbocycles. The molecule has 0 spiro atoms. The Kier molecular flexibility index (Phi) is 4.70. The number of rotatable bonds is 5. The minimum Gasteiger partial charge on any atom is -0.495 e. The predicted molar refractivity (Wildman–Crippen MR) is 87.4 cm³/mol. The molecule has 1 amide bonds. The van der Waals surface area contributed by atoms with Gasteiger partial charge in [0.15, 0.2) is 0 Å². The lowest BCUT2D eigenvalue weighted by molar-refractivity contribution is -0.116. The van der Waals surface area contributed by atoms with E-state index in [1.54, 1.807) is 11.8 Å². The molecule has 1 heterocycles. The van der Waals surface area contributed by atoms with Crippen molar-refractivity contribution >= 4 is 17.3 Å². The van der Waals surface area contributed by atoms with Gasteiger partial charge in [-0.3, -0.25) is 9.48 Å². The van der Waals surface area contributed by atoms with Crippen LogP contribution in [-0.4, -0.2) is 28.8 Å². The van der Waals surface area contributed by atoms with Gasteiger partial charge in [0.1, 0.15) is 11.8 Å². The van der Waals surface area contributed by atoms with Crippen molar-refractivity contribution in [3.8, 4) is 5.75 Å². The molecule has 0 bridgehead atoms. The van der Waals surface area contributed by atoms with E-state index < -0.39 is 6.04 Å². The first-order valence-corrected chi connectivity index (χ1v) is 7.14. The summed E-state index contributed by atoms with van der Waals surface area (Å²) in [5.74, 6) is 0.584. The van der Waals surface area contributed by atoms with Crippen molar-refractivity contribution < 1.29 is 9.53 Å². The zero-order valence-corrected chi connectivity index (χ0v) is 13.6. The predicted octanol–water partition coefficient (Wildman–Crippen LogP) is 2.48. The monoisotopic (exact) mass is 302 g/mol. The number of para-hydroxylation sites is 2. The molecule has 6 nitrogen and oxygen atoms in total. The number of amides is 1. The third-order valence-electron chi connectivity index (χ3n) is 3.63. The van der Waals surface area contributed by atoms with Gasteiger partial charge in [0.05, 0.1) is 29.9 Å². The maximum Gasteiger partial charge on any atom is 0.246 e. The fraction of sp³-hybridized carbons (Fsp3) is 0.375. The third kappa shape index (κ3) is 3.21. The molecule has 118 valence electrons. The standard InChI is InChI=1S/C16H22N4O2/c1-10-15(12(3)20(4)19-10)18-16(21)11(2)17-13-8-6-7-9-14(13)22-5/h6-9,11,17H,1-5H3,(H,18,21). The highest BCUT2D eigenvalue weighted by molar-refractivity contribution is 5.97. The van der Waals surface area contributed by atoms with Crippen LogP contribution in [0.3, 0.4) is 0 Å². The summed E-state index contributed by atoms with van der Waals surface area (Å²) >= 11 is 0. The zero-order chi connectivity index (χ0) is 16.3. The van der Waals surface area contributed by atoms with Gasteiger partial charge in [-0.25, -0.2) is 0 Å². The van der Waals surface area contributed by atoms with Gasteiger partial charge in [0.2, 0.25) is 5.91 Å². The van der Waals surface area contributed by atoms with E-state index in [9.17, 15) is 4.79 Å². The van der Waals surface area contributed by atoms with Gasteiger partial charge in [0, 0.05) is 7.05 Å². The van der Waals surface area contributed by atoms with E-state index in [4.69, 9.17) is 4.74 Å². The maximum atomic E-state index is 12.4. The van der Waals surface area contributed by atoms with Crippen molar-refractivity contribution in [2.45, 2.75) is 26.8 Å². The second kappa shape index (κ2) is 6.51. The maximum absolute atomic E-state index is 12.4. The first kappa shape index (κ1) is 15.9. The molecular formula is C16H22N4O2. The molecule has 1 unspecified atom stereocenters. The summed E-state index contributed by atoms with van der Waals surface area (Å²) in [6.07, 6.45) is 0. The van der Waals surface area contributed by atoms with Gasteiger partial charge in [-0.2, -0.15) is 5.10 Å². The minimum absolute atomic E-state index is 0.120. The number of carbonyl (C=O) groups excluding carboxylic acids is 1. The minimum atomic E-state index is -0.407. The molecule has 2 rings (SSSR count). The lowest BCUT2D eigenvalue weighted by atomic mass is 10.2. The molecule has 2 aromatic rings. The number of nitrogens with one attached hydrogen (secondary N) is 2. The second-order valence-corrected chi connectivity index (χ2v) is 5.22. The van der Waals surface area contributed by atoms with E-state index in [1.165, 1.54) is 0 Å². The van der Waals surface area contributed by atoms with Crippen LogP contribution in [-0.2, 0) is 11.8 Å². The smallest absolute Gasteiger partial charge is 0.246 e. The summed E-state index contributed by atoms with van der Waals surface area (Å²) < 4.78 is 7.03. The van der Waals surface area contributed by atoms with Gasteiger partial charge in [-0.1, -0.05) is 12.1 Å². The number of hydrogen-bond acceptors (Lipinski definition) is 4. The summed E-state index contributed by atoms with van der Waals surface area (Å²) in [6, 6.07) is 7.10. The molecule has 6 heteroatoms. The fourth-order valence-electron chi connectivity index (χ4n) is 2.25. The molecule has 22 heavy (non-hydrogen) atoms. The third-order valence-corrected chi connectivity index (χ3v) is 3.63. The highest BCUT2D eigenvalue weighted by Crippen LogP contribution is 2.24. The zero-order valence-electron chi connectivity index (χ0n) is 13.6. The lowest BCUT2D eigenvalue weighted by Gasteiger charge is -2.17. The van der Waals surface area contributed by atoms with Crippen molar-refractivity contribution in [2.24, 2.45) is 7.05 Å². The fourth-order valence-corrected chi connectivity index (χ4v) is 2.25. The van der Waals surface area contributed by atoms with E-state index in [0.717, 1.165) is 22.8 Å². The van der Waals surface area contributed by atoms with Crippen LogP contribution in [0.4, 0.5) is 11.4 Å². The molecule has 1 aromatic carbocycles. The molecule has 2 N–H and O–H groups in total. The molecule has 0 aliphatic heterocycles. The van der Waals surface area contributed by atoms with Crippen LogP contribution in [0.1, 0.15) is 18.3 Å². The quantitative estimate of drug-likeness (QED) is 0.890. The van der Waals surface area contributed by atoms with Crippen LogP contribution in [0.15, 0.2) is 24.3 Å². The van der Waals surface area contributed by atoms with E-state index in [0.29, 0.717) is 5.75 Å². The van der Waals surface area contributed by atoms with Crippen LogP contribution >= 0.6 is 0 Å². The highest BCUT2D eigenvalue weighted by atomic mass is 16.5. The Hall–Kier alpha value is -2.50. The van der Waals surface area contributed by atoms with E-state index in [2.05, 4.69) is 15.7 Å². The van der Waals surface area contributed by atoms with Gasteiger partial charge in [-0.15, -0.1) is 0 Å². The van der Waals surface area contributed by atoms with Crippen molar-refractivity contribution in [1.82, 2.24) is 9.78 Å². The first-order valence-electron chi connectivity index (χ1n) is 7.14. The average molecular weight is 302 g/mol. The van der Waals surface area contributed by atoms with E-state index >= 15 is 0 Å². The number of hydrogen-bond donors (Lipinski definition) is 2. The number of carbonyl (C=O) groups is 1. The Morgan fingerprint density at radius 1 is 1.32 bits per heavy atom. The Morgan fingerprint density at radius 3 is 2.59 bits per heavy atom. The normalized spacial score (nSPS) is 11.9. The largest absolute Gasteiger partial charge is 0.495 e. The van der Waals surface area contributed by atoms with Crippen LogP contribution in [0.2, 0.25) is 0 Å². The molecule has 1 aromatic heterocycles. The molecule has 0 fully saturated rings. The van der Waals surface area contributed by atoms with Crippen molar-refractivity contribution in [1.29, 1.82) is 0 Å². The molecular weight excluding hydrogens is 280 g/mol. The Labute approximate surface area is 130 Å². The summed E-state index contributed by atoms with van der Waals surface area (Å²) in [6.45, 7) is 5.61. The summed E-state index contributed by atoms with van der Waals surface area (Å²) in [7, 11) is 3.46. The second-order valence-electron chi connectivity index (χ2n) is 5.22. The van der Waals surface area contributed by atoms with Crippen molar-refractivity contribution in [3.63, 3.8) is 0 Å². The van der Waals surface area contributed by atoms with Crippen LogP contribution in [0.25, 0.3) is 0 Å². The molecule has 0 aliphatic rings. The van der Waals surface area contributed by atoms with Crippen LogP contribution in [0.5, 0.6) is 5.75 Å². The lowest BCUT2D eigenvalue weighted by Crippen LogP contribution is -2.32. The van der Waals surface area contributed by atoms with Gasteiger partial charge in [-0.05, 0) is 32.9 Å². The topological polar surface area (TPSA) is 68.2 Å². The number of ether oxygens (including phenoxy) is 1. The Morgan fingerprint density at radius 2 is 2.00 bits per heavy atom. The van der Waals surface area contributed by atoms with Crippen LogP contribution < -0.4 is 15.4 Å². The summed E-state index contributed by atoms with van der Waals surface area (Å²) in [5.41, 5.74) is 3.28. The summed E-state index contributed by atoms with van der Waals surface area (Å²) in [5, 5.41) is 10.4. The average Bonchev–Trinajstić information content (AvgIpc) is 2.74. The number of anilines is 2.